The molecule has 0 unspecified atom stereocenters. The standard InChI is InChI=1S/C9H19NO3/c1-4-13-9(2,3)8(11)12-7-5-6-10/h4-7,10H2,1-3H3. The van der Waals surface area contributed by atoms with Gasteiger partial charge in [0.15, 0.2) is 5.60 Å². The van der Waals surface area contributed by atoms with Gasteiger partial charge in [-0.05, 0) is 33.7 Å². The van der Waals surface area contributed by atoms with Crippen molar-refractivity contribution >= 4 is 5.97 Å². The van der Waals surface area contributed by atoms with Crippen molar-refractivity contribution in [1.82, 2.24) is 0 Å². The van der Waals surface area contributed by atoms with Gasteiger partial charge < -0.3 is 15.2 Å². The van der Waals surface area contributed by atoms with E-state index in [2.05, 4.69) is 0 Å². The lowest BCUT2D eigenvalue weighted by Gasteiger charge is -2.22. The van der Waals surface area contributed by atoms with Crippen molar-refractivity contribution in [3.63, 3.8) is 0 Å². The molecule has 0 bridgehead atoms. The van der Waals surface area contributed by atoms with E-state index < -0.39 is 5.60 Å². The van der Waals surface area contributed by atoms with Crippen molar-refractivity contribution in [2.45, 2.75) is 32.8 Å². The van der Waals surface area contributed by atoms with E-state index in [1.54, 1.807) is 13.8 Å². The molecule has 0 aliphatic heterocycles. The molecule has 13 heavy (non-hydrogen) atoms. The lowest BCUT2D eigenvalue weighted by molar-refractivity contribution is -0.167. The largest absolute Gasteiger partial charge is 0.464 e. The first-order valence-electron chi connectivity index (χ1n) is 4.56. The first-order valence-corrected chi connectivity index (χ1v) is 4.56. The van der Waals surface area contributed by atoms with E-state index in [0.29, 0.717) is 26.2 Å². The molecule has 0 amide bonds. The SMILES string of the molecule is CCOC(C)(C)C(=O)OCCCN. The van der Waals surface area contributed by atoms with E-state index in [9.17, 15) is 4.79 Å². The van der Waals surface area contributed by atoms with Gasteiger partial charge in [-0.1, -0.05) is 0 Å². The third-order valence-corrected chi connectivity index (χ3v) is 1.58. The second kappa shape index (κ2) is 5.94. The highest BCUT2D eigenvalue weighted by molar-refractivity contribution is 5.78. The van der Waals surface area contributed by atoms with Gasteiger partial charge in [-0.2, -0.15) is 0 Å². The zero-order chi connectivity index (χ0) is 10.3. The van der Waals surface area contributed by atoms with Gasteiger partial charge in [0, 0.05) is 6.61 Å². The summed E-state index contributed by atoms with van der Waals surface area (Å²) in [5.74, 6) is -0.331. The maximum absolute atomic E-state index is 11.3. The summed E-state index contributed by atoms with van der Waals surface area (Å²) in [6, 6.07) is 0. The van der Waals surface area contributed by atoms with E-state index in [0.717, 1.165) is 0 Å². The summed E-state index contributed by atoms with van der Waals surface area (Å²) >= 11 is 0. The van der Waals surface area contributed by atoms with E-state index in [-0.39, 0.29) is 5.97 Å². The normalized spacial score (nSPS) is 11.4. The van der Waals surface area contributed by atoms with Crippen LogP contribution in [0.2, 0.25) is 0 Å². The molecule has 4 nitrogen and oxygen atoms in total. The Labute approximate surface area is 79.4 Å². The molecule has 0 radical (unpaired) electrons. The number of nitrogens with two attached hydrogens (primary N) is 1. The van der Waals surface area contributed by atoms with Gasteiger partial charge in [0.1, 0.15) is 0 Å². The number of ether oxygens (including phenoxy) is 2. The quantitative estimate of drug-likeness (QED) is 0.493. The van der Waals surface area contributed by atoms with Gasteiger partial charge in [-0.3, -0.25) is 0 Å². The van der Waals surface area contributed by atoms with Crippen molar-refractivity contribution in [1.29, 1.82) is 0 Å². The highest BCUT2D eigenvalue weighted by Gasteiger charge is 2.29. The molecule has 0 aliphatic carbocycles. The van der Waals surface area contributed by atoms with Crippen molar-refractivity contribution in [2.24, 2.45) is 5.73 Å². The molecule has 78 valence electrons. The molecule has 4 heteroatoms. The predicted molar refractivity (Wildman–Crippen MR) is 50.3 cm³/mol. The van der Waals surface area contributed by atoms with Gasteiger partial charge in [-0.15, -0.1) is 0 Å². The Hall–Kier alpha value is -0.610. The van der Waals surface area contributed by atoms with Gasteiger partial charge in [-0.25, -0.2) is 4.79 Å². The summed E-state index contributed by atoms with van der Waals surface area (Å²) in [7, 11) is 0. The van der Waals surface area contributed by atoms with Gasteiger partial charge in [0.2, 0.25) is 0 Å². The Morgan fingerprint density at radius 1 is 1.46 bits per heavy atom. The number of carbonyl (C=O) groups excluding carboxylic acids is 1. The van der Waals surface area contributed by atoms with E-state index in [4.69, 9.17) is 15.2 Å². The number of esters is 1. The molecule has 0 fully saturated rings. The van der Waals surface area contributed by atoms with Gasteiger partial charge in [0.05, 0.1) is 6.61 Å². The first-order chi connectivity index (χ1) is 6.04. The zero-order valence-electron chi connectivity index (χ0n) is 8.63. The molecule has 2 N–H and O–H groups in total. The molecular formula is C9H19NO3. The Morgan fingerprint density at radius 2 is 2.08 bits per heavy atom. The first kappa shape index (κ1) is 12.4. The summed E-state index contributed by atoms with van der Waals surface area (Å²) < 4.78 is 10.2. The highest BCUT2D eigenvalue weighted by Crippen LogP contribution is 2.11. The van der Waals surface area contributed by atoms with Crippen LogP contribution in [0.5, 0.6) is 0 Å². The highest BCUT2D eigenvalue weighted by atomic mass is 16.6. The van der Waals surface area contributed by atoms with Gasteiger partial charge in [0.25, 0.3) is 0 Å². The fraction of sp³-hybridized carbons (Fsp3) is 0.889. The molecule has 0 saturated carbocycles. The lowest BCUT2D eigenvalue weighted by atomic mass is 10.1. The van der Waals surface area contributed by atoms with Crippen LogP contribution in [-0.4, -0.2) is 31.3 Å². The molecule has 0 heterocycles. The number of carbonyl (C=O) groups is 1. The van der Waals surface area contributed by atoms with Gasteiger partial charge >= 0.3 is 5.97 Å². The van der Waals surface area contributed by atoms with E-state index in [1.165, 1.54) is 0 Å². The van der Waals surface area contributed by atoms with Crippen LogP contribution >= 0.6 is 0 Å². The minimum absolute atomic E-state index is 0.331. The third-order valence-electron chi connectivity index (χ3n) is 1.58. The van der Waals surface area contributed by atoms with Crippen LogP contribution in [0.1, 0.15) is 27.2 Å². The minimum Gasteiger partial charge on any atom is -0.464 e. The number of rotatable bonds is 6. The Balaban J connectivity index is 3.80. The van der Waals surface area contributed by atoms with Crippen LogP contribution in [0.15, 0.2) is 0 Å². The number of hydrogen-bond donors (Lipinski definition) is 1. The molecule has 0 spiro atoms. The summed E-state index contributed by atoms with van der Waals surface area (Å²) in [6.45, 7) is 6.63. The van der Waals surface area contributed by atoms with Crippen LogP contribution < -0.4 is 5.73 Å². The lowest BCUT2D eigenvalue weighted by Crippen LogP contribution is -2.37. The maximum Gasteiger partial charge on any atom is 0.337 e. The Bertz CT molecular complexity index is 157. The zero-order valence-corrected chi connectivity index (χ0v) is 8.63. The summed E-state index contributed by atoms with van der Waals surface area (Å²) in [4.78, 5) is 11.3. The van der Waals surface area contributed by atoms with E-state index in [1.807, 2.05) is 6.92 Å². The Morgan fingerprint density at radius 3 is 2.54 bits per heavy atom. The molecule has 0 aliphatic rings. The number of hydrogen-bond acceptors (Lipinski definition) is 4. The summed E-state index contributed by atoms with van der Waals surface area (Å²) in [5.41, 5.74) is 4.42. The van der Waals surface area contributed by atoms with Crippen molar-refractivity contribution in [3.05, 3.63) is 0 Å². The average Bonchev–Trinajstić information content (AvgIpc) is 2.04. The fourth-order valence-corrected chi connectivity index (χ4v) is 0.842. The van der Waals surface area contributed by atoms with Crippen molar-refractivity contribution < 1.29 is 14.3 Å². The van der Waals surface area contributed by atoms with E-state index >= 15 is 0 Å². The minimum atomic E-state index is -0.844. The average molecular weight is 189 g/mol. The smallest absolute Gasteiger partial charge is 0.337 e. The molecule has 0 atom stereocenters. The molecule has 0 aromatic carbocycles. The van der Waals surface area contributed by atoms with Crippen LogP contribution in [0.3, 0.4) is 0 Å². The molecule has 0 rings (SSSR count). The van der Waals surface area contributed by atoms with Crippen LogP contribution in [0.25, 0.3) is 0 Å². The second-order valence-electron chi connectivity index (χ2n) is 3.22. The van der Waals surface area contributed by atoms with Crippen LogP contribution in [0, 0.1) is 0 Å². The predicted octanol–water partition coefficient (Wildman–Crippen LogP) is 0.694. The molecular weight excluding hydrogens is 170 g/mol. The molecule has 0 aromatic heterocycles. The third kappa shape index (κ3) is 4.85. The fourth-order valence-electron chi connectivity index (χ4n) is 0.842. The molecule has 0 aromatic rings. The summed E-state index contributed by atoms with van der Waals surface area (Å²) in [5, 5.41) is 0. The van der Waals surface area contributed by atoms with Crippen LogP contribution in [0.4, 0.5) is 0 Å². The summed E-state index contributed by atoms with van der Waals surface area (Å²) in [6.07, 6.45) is 0.688. The van der Waals surface area contributed by atoms with Crippen molar-refractivity contribution in [3.8, 4) is 0 Å². The molecule has 0 saturated heterocycles. The van der Waals surface area contributed by atoms with Crippen molar-refractivity contribution in [2.75, 3.05) is 19.8 Å². The van der Waals surface area contributed by atoms with Crippen LogP contribution in [-0.2, 0) is 14.3 Å². The second-order valence-corrected chi connectivity index (χ2v) is 3.22. The Kier molecular flexibility index (Phi) is 5.66. The monoisotopic (exact) mass is 189 g/mol. The maximum atomic E-state index is 11.3. The topological polar surface area (TPSA) is 61.5 Å².